The summed E-state index contributed by atoms with van der Waals surface area (Å²) in [7, 11) is 0. The molecule has 11 atom stereocenters. The highest BCUT2D eigenvalue weighted by atomic mass is 16.4. The van der Waals surface area contributed by atoms with Gasteiger partial charge in [-0.1, -0.05) is 13.8 Å². The molecular formula is C41H64N12O16. The Hall–Kier alpha value is -6.97. The molecule has 3 saturated heterocycles. The van der Waals surface area contributed by atoms with Gasteiger partial charge in [0.15, 0.2) is 0 Å². The highest BCUT2D eigenvalue weighted by molar-refractivity contribution is 6.00. The van der Waals surface area contributed by atoms with Crippen molar-refractivity contribution in [2.24, 2.45) is 23.3 Å². The standard InChI is InChI=1S/C41H64N12O16/c1-17(2)30-40(67)53-12-8-10-24(53)35(62)46-20(5)29(43)39(66)52-11-7-6-9-23(52)36(63)51-31(18(3)41(68)69)37(64)48-22(14-28(58)59)34(61)44-15-25(54)47-21(13-27(56)57)33(60)45-16-26(55)49-32(19(4)42)38(65)50-30/h17-24,29-32H,6-16,42-43H2,1-5H3,(H,44,61)(H,45,60)(H,46,62)(H,47,54)(H,48,64)(H,49,55)(H,50,65)(H,51,63)(H,56,57)(H,58,59)(H,68,69). The predicted molar refractivity (Wildman–Crippen MR) is 235 cm³/mol. The third-order valence-corrected chi connectivity index (χ3v) is 11.8. The topological polar surface area (TPSA) is 437 Å². The summed E-state index contributed by atoms with van der Waals surface area (Å²) in [5.41, 5.74) is 12.4. The number of carboxylic acid groups (broad SMARTS) is 3. The van der Waals surface area contributed by atoms with Crippen molar-refractivity contribution in [1.82, 2.24) is 52.3 Å². The first kappa shape index (κ1) is 56.4. The van der Waals surface area contributed by atoms with Crippen LogP contribution in [-0.2, 0) is 62.3 Å². The van der Waals surface area contributed by atoms with E-state index in [1.807, 2.05) is 10.6 Å². The molecule has 0 bridgehead atoms. The van der Waals surface area contributed by atoms with Crippen molar-refractivity contribution in [3.63, 3.8) is 0 Å². The SMILES string of the molecule is CC(C)C1NC(=O)C(C(C)N)NC(=O)CNC(=O)C(CC(=O)O)NC(=O)CNC(=O)C(CC(=O)O)NC(=O)C(C(C)C(=O)O)NC(=O)C2CCCCN2C(=O)C(N)C(C)NC(=O)C2CCCN2C1=O. The fourth-order valence-corrected chi connectivity index (χ4v) is 7.85. The summed E-state index contributed by atoms with van der Waals surface area (Å²) in [4.78, 5) is 173. The Morgan fingerprint density at radius 1 is 0.580 bits per heavy atom. The minimum Gasteiger partial charge on any atom is -0.481 e. The van der Waals surface area contributed by atoms with Gasteiger partial charge in [0.05, 0.1) is 37.9 Å². The molecule has 3 fully saturated rings. The summed E-state index contributed by atoms with van der Waals surface area (Å²) in [6.07, 6.45) is -0.800. The lowest BCUT2D eigenvalue weighted by atomic mass is 9.96. The quantitative estimate of drug-likeness (QED) is 0.108. The van der Waals surface area contributed by atoms with E-state index in [0.29, 0.717) is 19.3 Å². The van der Waals surface area contributed by atoms with Crippen LogP contribution in [0.25, 0.3) is 0 Å². The van der Waals surface area contributed by atoms with Gasteiger partial charge in [0.25, 0.3) is 0 Å². The van der Waals surface area contributed by atoms with Gasteiger partial charge in [-0.15, -0.1) is 0 Å². The van der Waals surface area contributed by atoms with Gasteiger partial charge >= 0.3 is 17.9 Å². The van der Waals surface area contributed by atoms with Crippen LogP contribution in [0.4, 0.5) is 0 Å². The molecule has 0 aromatic rings. The maximum atomic E-state index is 14.1. The first-order valence-corrected chi connectivity index (χ1v) is 22.4. The van der Waals surface area contributed by atoms with E-state index < -0.39 is 175 Å². The van der Waals surface area contributed by atoms with Crippen LogP contribution in [0.2, 0.25) is 0 Å². The second kappa shape index (κ2) is 25.4. The van der Waals surface area contributed by atoms with Crippen molar-refractivity contribution in [1.29, 1.82) is 0 Å². The normalized spacial score (nSPS) is 29.2. The van der Waals surface area contributed by atoms with E-state index in [1.54, 1.807) is 13.8 Å². The zero-order valence-corrected chi connectivity index (χ0v) is 38.9. The molecule has 3 rings (SSSR count). The van der Waals surface area contributed by atoms with E-state index in [2.05, 4.69) is 31.9 Å². The Bertz CT molecular complexity index is 2020. The molecular weight excluding hydrogens is 917 g/mol. The summed E-state index contributed by atoms with van der Waals surface area (Å²) >= 11 is 0. The van der Waals surface area contributed by atoms with Gasteiger partial charge in [0, 0.05) is 19.1 Å². The average Bonchev–Trinajstić information content (AvgIpc) is 3.78. The van der Waals surface area contributed by atoms with Gasteiger partial charge in [0.2, 0.25) is 59.1 Å². The molecule has 3 heterocycles. The number of fused-ring (bicyclic) bond motifs is 2. The third kappa shape index (κ3) is 15.8. The number of rotatable bonds is 8. The van der Waals surface area contributed by atoms with Gasteiger partial charge in [0.1, 0.15) is 48.3 Å². The molecule has 0 radical (unpaired) electrons. The van der Waals surface area contributed by atoms with Crippen molar-refractivity contribution in [3.8, 4) is 0 Å². The number of carbonyl (C=O) groups is 13. The highest BCUT2D eigenvalue weighted by Gasteiger charge is 2.43. The van der Waals surface area contributed by atoms with E-state index in [0.717, 1.165) is 11.8 Å². The number of nitrogens with one attached hydrogen (secondary N) is 8. The number of hydrogen-bond acceptors (Lipinski definition) is 15. The Kier molecular flexibility index (Phi) is 20.8. The monoisotopic (exact) mass is 980 g/mol. The molecule has 0 aliphatic carbocycles. The predicted octanol–water partition coefficient (Wildman–Crippen LogP) is -6.47. The summed E-state index contributed by atoms with van der Waals surface area (Å²) in [5, 5.41) is 47.0. The molecule has 3 aliphatic rings. The molecule has 0 spiro atoms. The number of amides is 10. The van der Waals surface area contributed by atoms with Crippen LogP contribution in [-0.4, -0.2) is 189 Å². The maximum Gasteiger partial charge on any atom is 0.308 e. The molecule has 69 heavy (non-hydrogen) atoms. The van der Waals surface area contributed by atoms with Crippen LogP contribution >= 0.6 is 0 Å². The minimum atomic E-state index is -2.01. The van der Waals surface area contributed by atoms with Crippen LogP contribution in [0.1, 0.15) is 79.6 Å². The van der Waals surface area contributed by atoms with Crippen LogP contribution in [0, 0.1) is 11.8 Å². The van der Waals surface area contributed by atoms with Gasteiger partial charge in [-0.2, -0.15) is 0 Å². The average molecular weight is 981 g/mol. The van der Waals surface area contributed by atoms with Crippen molar-refractivity contribution in [2.45, 2.75) is 140 Å². The number of hydrogen-bond donors (Lipinski definition) is 13. The Morgan fingerprint density at radius 2 is 1.04 bits per heavy atom. The van der Waals surface area contributed by atoms with Crippen molar-refractivity contribution in [3.05, 3.63) is 0 Å². The molecule has 0 saturated carbocycles. The molecule has 0 aromatic heterocycles. The summed E-state index contributed by atoms with van der Waals surface area (Å²) in [6.45, 7) is 5.22. The van der Waals surface area contributed by atoms with Crippen LogP contribution < -0.4 is 54.0 Å². The van der Waals surface area contributed by atoms with Crippen LogP contribution in [0.15, 0.2) is 0 Å². The summed E-state index contributed by atoms with van der Waals surface area (Å²) in [6, 6.07) is -14.7. The molecule has 10 amide bonds. The van der Waals surface area contributed by atoms with E-state index >= 15 is 0 Å². The second-order valence-electron chi connectivity index (χ2n) is 17.6. The summed E-state index contributed by atoms with van der Waals surface area (Å²) in [5.74, 6) is -17.3. The highest BCUT2D eigenvalue weighted by Crippen LogP contribution is 2.23. The molecule has 0 aromatic carbocycles. The lowest BCUT2D eigenvalue weighted by Crippen LogP contribution is -2.64. The van der Waals surface area contributed by atoms with E-state index in [-0.39, 0.29) is 25.9 Å². The Labute approximate surface area is 395 Å². The van der Waals surface area contributed by atoms with E-state index in [9.17, 15) is 77.6 Å². The fourth-order valence-electron chi connectivity index (χ4n) is 7.85. The van der Waals surface area contributed by atoms with Crippen molar-refractivity contribution in [2.75, 3.05) is 26.2 Å². The first-order valence-electron chi connectivity index (χ1n) is 22.4. The zero-order valence-electron chi connectivity index (χ0n) is 38.9. The molecule has 15 N–H and O–H groups in total. The van der Waals surface area contributed by atoms with Gasteiger partial charge < -0.3 is 79.1 Å². The Morgan fingerprint density at radius 3 is 1.57 bits per heavy atom. The second-order valence-corrected chi connectivity index (χ2v) is 17.6. The van der Waals surface area contributed by atoms with Gasteiger partial charge in [-0.25, -0.2) is 0 Å². The number of carbonyl (C=O) groups excluding carboxylic acids is 10. The molecule has 28 nitrogen and oxygen atoms in total. The molecule has 11 unspecified atom stereocenters. The van der Waals surface area contributed by atoms with Gasteiger partial charge in [-0.3, -0.25) is 62.3 Å². The number of piperidine rings is 1. The minimum absolute atomic E-state index is 0.0198. The van der Waals surface area contributed by atoms with Crippen LogP contribution in [0.5, 0.6) is 0 Å². The van der Waals surface area contributed by atoms with Crippen LogP contribution in [0.3, 0.4) is 0 Å². The zero-order chi connectivity index (χ0) is 52.0. The lowest BCUT2D eigenvalue weighted by Gasteiger charge is -2.38. The fraction of sp³-hybridized carbons (Fsp3) is 0.683. The van der Waals surface area contributed by atoms with E-state index in [1.165, 1.54) is 18.7 Å². The number of nitrogens with two attached hydrogens (primary N) is 2. The molecule has 28 heteroatoms. The lowest BCUT2D eigenvalue weighted by molar-refractivity contribution is -0.149. The first-order chi connectivity index (χ1) is 32.2. The van der Waals surface area contributed by atoms with E-state index in [4.69, 9.17) is 11.5 Å². The number of nitrogens with zero attached hydrogens (tertiary/aromatic N) is 2. The van der Waals surface area contributed by atoms with Crippen molar-refractivity contribution < 1.29 is 77.6 Å². The largest absolute Gasteiger partial charge is 0.481 e. The number of carboxylic acids is 3. The van der Waals surface area contributed by atoms with Gasteiger partial charge in [-0.05, 0) is 58.8 Å². The number of aliphatic carboxylic acids is 3. The third-order valence-electron chi connectivity index (χ3n) is 11.8. The van der Waals surface area contributed by atoms with Crippen molar-refractivity contribution >= 4 is 77.0 Å². The molecule has 384 valence electrons. The Balaban J connectivity index is 2.04. The smallest absolute Gasteiger partial charge is 0.308 e. The maximum absolute atomic E-state index is 14.1. The summed E-state index contributed by atoms with van der Waals surface area (Å²) < 4.78 is 0. The molecule has 3 aliphatic heterocycles.